The van der Waals surface area contributed by atoms with Crippen molar-refractivity contribution < 1.29 is 0 Å². The van der Waals surface area contributed by atoms with Crippen molar-refractivity contribution in [2.75, 3.05) is 24.5 Å². The Kier molecular flexibility index (Phi) is 4.15. The lowest BCUT2D eigenvalue weighted by Gasteiger charge is -2.37. The summed E-state index contributed by atoms with van der Waals surface area (Å²) >= 11 is 0. The number of nitrogens with zero attached hydrogens (tertiary/aromatic N) is 3. The van der Waals surface area contributed by atoms with Crippen LogP contribution in [-0.2, 0) is 6.42 Å². The number of fused-ring (bicyclic) bond motifs is 1. The summed E-state index contributed by atoms with van der Waals surface area (Å²) in [4.78, 5) is 19.6. The van der Waals surface area contributed by atoms with Crippen LogP contribution in [0.5, 0.6) is 0 Å². The van der Waals surface area contributed by atoms with E-state index < -0.39 is 0 Å². The van der Waals surface area contributed by atoms with Gasteiger partial charge in [-0.1, -0.05) is 19.9 Å². The lowest BCUT2D eigenvalue weighted by Crippen LogP contribution is -2.38. The van der Waals surface area contributed by atoms with E-state index in [9.17, 15) is 4.79 Å². The van der Waals surface area contributed by atoms with Gasteiger partial charge in [0.05, 0.1) is 0 Å². The molecule has 1 fully saturated rings. The van der Waals surface area contributed by atoms with Gasteiger partial charge in [0.1, 0.15) is 11.5 Å². The Balaban J connectivity index is 2.05. The maximum absolute atomic E-state index is 12.5. The minimum absolute atomic E-state index is 0.0168. The molecule has 1 aliphatic rings. The zero-order valence-corrected chi connectivity index (χ0v) is 14.3. The number of hydrogen-bond donors (Lipinski definition) is 1. The lowest BCUT2D eigenvalue weighted by atomic mass is 9.83. The molecule has 0 spiro atoms. The first-order chi connectivity index (χ1) is 10.9. The van der Waals surface area contributed by atoms with E-state index in [0.717, 1.165) is 54.9 Å². The first kappa shape index (κ1) is 16.0. The minimum Gasteiger partial charge on any atom is -0.356 e. The van der Waals surface area contributed by atoms with E-state index in [-0.39, 0.29) is 5.56 Å². The maximum atomic E-state index is 12.5. The van der Waals surface area contributed by atoms with Crippen LogP contribution < -0.4 is 16.2 Å². The number of rotatable bonds is 3. The Morgan fingerprint density at radius 2 is 1.96 bits per heavy atom. The first-order valence-corrected chi connectivity index (χ1v) is 8.38. The predicted molar refractivity (Wildman–Crippen MR) is 94.2 cm³/mol. The second kappa shape index (κ2) is 5.96. The molecule has 3 heterocycles. The van der Waals surface area contributed by atoms with Gasteiger partial charge in [-0.05, 0) is 49.3 Å². The Morgan fingerprint density at radius 3 is 2.61 bits per heavy atom. The van der Waals surface area contributed by atoms with E-state index in [2.05, 4.69) is 24.8 Å². The summed E-state index contributed by atoms with van der Waals surface area (Å²) in [5, 5.41) is 0. The molecule has 2 aromatic rings. The van der Waals surface area contributed by atoms with Crippen molar-refractivity contribution in [1.82, 2.24) is 9.38 Å². The fourth-order valence-corrected chi connectivity index (χ4v) is 3.25. The van der Waals surface area contributed by atoms with E-state index in [0.29, 0.717) is 12.0 Å². The molecule has 5 heteroatoms. The van der Waals surface area contributed by atoms with Gasteiger partial charge in [-0.2, -0.15) is 0 Å². The average Bonchev–Trinajstić information content (AvgIpc) is 2.48. The first-order valence-electron chi connectivity index (χ1n) is 8.38. The van der Waals surface area contributed by atoms with Crippen LogP contribution in [0.4, 0.5) is 5.82 Å². The van der Waals surface area contributed by atoms with Crippen LogP contribution in [0.1, 0.15) is 37.8 Å². The number of aryl methyl sites for hydroxylation is 1. The fourth-order valence-electron chi connectivity index (χ4n) is 3.25. The van der Waals surface area contributed by atoms with Crippen LogP contribution in [0.15, 0.2) is 23.1 Å². The summed E-state index contributed by atoms with van der Waals surface area (Å²) in [5.74, 6) is 0.799. The highest BCUT2D eigenvalue weighted by atomic mass is 16.1. The van der Waals surface area contributed by atoms with E-state index >= 15 is 0 Å². The number of nitrogens with two attached hydrogens (primary N) is 1. The minimum atomic E-state index is -0.0168. The largest absolute Gasteiger partial charge is 0.356 e. The summed E-state index contributed by atoms with van der Waals surface area (Å²) in [5.41, 5.74) is 8.93. The Morgan fingerprint density at radius 1 is 1.26 bits per heavy atom. The van der Waals surface area contributed by atoms with Crippen molar-refractivity contribution in [1.29, 1.82) is 0 Å². The fraction of sp³-hybridized carbons (Fsp3) is 0.556. The van der Waals surface area contributed by atoms with Gasteiger partial charge in [0.15, 0.2) is 0 Å². The number of anilines is 1. The monoisotopic (exact) mass is 314 g/mol. The Hall–Kier alpha value is -1.88. The summed E-state index contributed by atoms with van der Waals surface area (Å²) in [6, 6.07) is 3.74. The molecule has 0 aromatic carbocycles. The molecule has 0 unspecified atom stereocenters. The maximum Gasteiger partial charge on any atom is 0.259 e. The van der Waals surface area contributed by atoms with Gasteiger partial charge in [0.2, 0.25) is 0 Å². The van der Waals surface area contributed by atoms with E-state index in [1.165, 1.54) is 0 Å². The van der Waals surface area contributed by atoms with Crippen LogP contribution in [0.25, 0.3) is 5.65 Å². The SMILES string of the molecule is Cc1cc(CCN)c2nc(N3CCC(C)(C)CC3)cc(=O)n2c1. The second-order valence-corrected chi connectivity index (χ2v) is 7.38. The van der Waals surface area contributed by atoms with Gasteiger partial charge < -0.3 is 10.6 Å². The molecule has 23 heavy (non-hydrogen) atoms. The molecule has 0 bridgehead atoms. The van der Waals surface area contributed by atoms with Gasteiger partial charge in [-0.15, -0.1) is 0 Å². The van der Waals surface area contributed by atoms with Gasteiger partial charge >= 0.3 is 0 Å². The molecule has 0 saturated carbocycles. The molecule has 0 atom stereocenters. The van der Waals surface area contributed by atoms with Crippen LogP contribution in [0, 0.1) is 12.3 Å². The Labute approximate surface area is 137 Å². The number of piperidine rings is 1. The molecule has 5 nitrogen and oxygen atoms in total. The summed E-state index contributed by atoms with van der Waals surface area (Å²) < 4.78 is 1.65. The van der Waals surface area contributed by atoms with Gasteiger partial charge in [0, 0.05) is 25.4 Å². The van der Waals surface area contributed by atoms with Gasteiger partial charge in [-0.3, -0.25) is 9.20 Å². The Bertz CT molecular complexity index is 768. The van der Waals surface area contributed by atoms with E-state index in [1.54, 1.807) is 10.5 Å². The molecular formula is C18H26N4O. The van der Waals surface area contributed by atoms with E-state index in [4.69, 9.17) is 10.7 Å². The smallest absolute Gasteiger partial charge is 0.259 e. The molecule has 0 radical (unpaired) electrons. The lowest BCUT2D eigenvalue weighted by molar-refractivity contribution is 0.279. The topological polar surface area (TPSA) is 63.6 Å². The van der Waals surface area contributed by atoms with Crippen molar-refractivity contribution in [2.45, 2.75) is 40.0 Å². The van der Waals surface area contributed by atoms with Crippen LogP contribution >= 0.6 is 0 Å². The summed E-state index contributed by atoms with van der Waals surface area (Å²) in [6.07, 6.45) is 4.83. The zero-order chi connectivity index (χ0) is 16.6. The molecule has 0 amide bonds. The van der Waals surface area contributed by atoms with Gasteiger partial charge in [-0.25, -0.2) is 4.98 Å². The molecular weight excluding hydrogens is 288 g/mol. The number of pyridine rings is 1. The van der Waals surface area contributed by atoms with E-state index in [1.807, 2.05) is 13.1 Å². The molecule has 1 aliphatic heterocycles. The average molecular weight is 314 g/mol. The molecule has 3 rings (SSSR count). The molecule has 1 saturated heterocycles. The third-order valence-electron chi connectivity index (χ3n) is 4.82. The highest BCUT2D eigenvalue weighted by Gasteiger charge is 2.26. The van der Waals surface area contributed by atoms with Crippen LogP contribution in [-0.4, -0.2) is 29.0 Å². The van der Waals surface area contributed by atoms with Crippen molar-refractivity contribution in [2.24, 2.45) is 11.1 Å². The van der Waals surface area contributed by atoms with Gasteiger partial charge in [0.25, 0.3) is 5.56 Å². The van der Waals surface area contributed by atoms with Crippen molar-refractivity contribution in [3.63, 3.8) is 0 Å². The van der Waals surface area contributed by atoms with Crippen LogP contribution in [0.3, 0.4) is 0 Å². The standard InChI is InChI=1S/C18H26N4O/c1-13-10-14(4-7-19)17-20-15(11-16(23)22(17)12-13)21-8-5-18(2,3)6-9-21/h10-12H,4-9,19H2,1-3H3. The van der Waals surface area contributed by atoms with Crippen molar-refractivity contribution >= 4 is 11.5 Å². The molecule has 2 aromatic heterocycles. The zero-order valence-electron chi connectivity index (χ0n) is 14.3. The number of hydrogen-bond acceptors (Lipinski definition) is 4. The predicted octanol–water partition coefficient (Wildman–Crippen LogP) is 2.13. The summed E-state index contributed by atoms with van der Waals surface area (Å²) in [7, 11) is 0. The molecule has 2 N–H and O–H groups in total. The molecule has 0 aliphatic carbocycles. The third kappa shape index (κ3) is 3.24. The van der Waals surface area contributed by atoms with Crippen molar-refractivity contribution in [3.05, 3.63) is 39.8 Å². The highest BCUT2D eigenvalue weighted by Crippen LogP contribution is 2.31. The summed E-state index contributed by atoms with van der Waals surface area (Å²) in [6.45, 7) is 9.05. The number of aromatic nitrogens is 2. The second-order valence-electron chi connectivity index (χ2n) is 7.38. The highest BCUT2D eigenvalue weighted by molar-refractivity contribution is 5.54. The quantitative estimate of drug-likeness (QED) is 0.942. The molecule has 124 valence electrons. The third-order valence-corrected chi connectivity index (χ3v) is 4.82. The van der Waals surface area contributed by atoms with Crippen LogP contribution in [0.2, 0.25) is 0 Å². The van der Waals surface area contributed by atoms with Crippen molar-refractivity contribution in [3.8, 4) is 0 Å². The normalized spacial score (nSPS) is 17.7.